The molecule has 1 aliphatic rings. The second-order valence-electron chi connectivity index (χ2n) is 6.71. The average Bonchev–Trinajstić information content (AvgIpc) is 3.09. The summed E-state index contributed by atoms with van der Waals surface area (Å²) in [6, 6.07) is 19.3. The van der Waals surface area contributed by atoms with Gasteiger partial charge in [0.25, 0.3) is 0 Å². The number of hydrogen-bond acceptors (Lipinski definition) is 6. The Morgan fingerprint density at radius 1 is 1.07 bits per heavy atom. The van der Waals surface area contributed by atoms with Crippen LogP contribution in [-0.2, 0) is 32.2 Å². The molecule has 0 bridgehead atoms. The molecule has 8 heteroatoms. The molecule has 0 radical (unpaired) electrons. The first kappa shape index (κ1) is 21.3. The summed E-state index contributed by atoms with van der Waals surface area (Å²) >= 11 is 0. The second-order valence-corrected chi connectivity index (χ2v) is 6.71. The van der Waals surface area contributed by atoms with Crippen LogP contribution in [-0.4, -0.2) is 49.5 Å². The Balaban J connectivity index is 1.73. The highest BCUT2D eigenvalue weighted by molar-refractivity contribution is 5.14. The van der Waals surface area contributed by atoms with E-state index in [1.54, 1.807) is 0 Å². The molecule has 0 spiro atoms. The third kappa shape index (κ3) is 5.77. The van der Waals surface area contributed by atoms with E-state index in [-0.39, 0.29) is 6.54 Å². The van der Waals surface area contributed by atoms with Crippen molar-refractivity contribution < 1.29 is 24.1 Å². The van der Waals surface area contributed by atoms with Gasteiger partial charge in [0.15, 0.2) is 6.29 Å². The Morgan fingerprint density at radius 2 is 1.69 bits per heavy atom. The molecule has 2 aromatic carbocycles. The van der Waals surface area contributed by atoms with Gasteiger partial charge in [0.1, 0.15) is 18.3 Å². The fraction of sp³-hybridized carbons (Fsp3) is 0.429. The van der Waals surface area contributed by atoms with Crippen LogP contribution in [0.15, 0.2) is 65.8 Å². The van der Waals surface area contributed by atoms with Crippen molar-refractivity contribution in [3.05, 3.63) is 82.2 Å². The van der Waals surface area contributed by atoms with Gasteiger partial charge in [-0.05, 0) is 16.7 Å². The molecule has 1 aliphatic heterocycles. The van der Waals surface area contributed by atoms with E-state index in [0.29, 0.717) is 13.2 Å². The predicted octanol–water partition coefficient (Wildman–Crippen LogP) is 3.20. The molecule has 1 N–H and O–H groups in total. The number of benzene rings is 2. The molecular formula is C21H25N3O5. The van der Waals surface area contributed by atoms with E-state index in [0.717, 1.165) is 11.1 Å². The molecule has 0 amide bonds. The van der Waals surface area contributed by atoms with Gasteiger partial charge in [-0.2, -0.15) is 0 Å². The Hall–Kier alpha value is -2.45. The van der Waals surface area contributed by atoms with Gasteiger partial charge < -0.3 is 24.1 Å². The van der Waals surface area contributed by atoms with E-state index in [2.05, 4.69) is 10.0 Å². The zero-order chi connectivity index (χ0) is 20.5. The van der Waals surface area contributed by atoms with Crippen molar-refractivity contribution in [2.75, 3.05) is 13.7 Å². The van der Waals surface area contributed by atoms with Crippen LogP contribution in [0.2, 0.25) is 0 Å². The fourth-order valence-corrected chi connectivity index (χ4v) is 3.26. The third-order valence-electron chi connectivity index (χ3n) is 4.75. The van der Waals surface area contributed by atoms with Gasteiger partial charge in [0, 0.05) is 12.0 Å². The number of methoxy groups -OCH3 is 1. The van der Waals surface area contributed by atoms with E-state index in [9.17, 15) is 5.11 Å². The number of rotatable bonds is 10. The number of nitrogens with zero attached hydrogens (tertiary/aromatic N) is 3. The SMILES string of the molecule is CO[C@@H]1O[C@H]([C@H](CN=[N+]=[N-])OCc2ccccc2)[C@H](OCc2ccccc2)[C@H]1O. The summed E-state index contributed by atoms with van der Waals surface area (Å²) in [7, 11) is 1.46. The zero-order valence-corrected chi connectivity index (χ0v) is 16.2. The second kappa shape index (κ2) is 10.9. The molecular weight excluding hydrogens is 374 g/mol. The van der Waals surface area contributed by atoms with Crippen LogP contribution in [0.5, 0.6) is 0 Å². The summed E-state index contributed by atoms with van der Waals surface area (Å²) in [5.74, 6) is 0. The highest BCUT2D eigenvalue weighted by atomic mass is 16.7. The lowest BCUT2D eigenvalue weighted by Crippen LogP contribution is -2.43. The Labute approximate surface area is 169 Å². The first-order valence-corrected chi connectivity index (χ1v) is 9.41. The minimum absolute atomic E-state index is 0.0440. The number of azide groups is 1. The number of hydrogen-bond donors (Lipinski definition) is 1. The first-order valence-electron chi connectivity index (χ1n) is 9.41. The molecule has 0 saturated carbocycles. The third-order valence-corrected chi connectivity index (χ3v) is 4.75. The van der Waals surface area contributed by atoms with Gasteiger partial charge in [0.2, 0.25) is 0 Å². The van der Waals surface area contributed by atoms with Crippen LogP contribution in [0, 0.1) is 0 Å². The topological polar surface area (TPSA) is 106 Å². The number of aliphatic hydroxyl groups is 1. The molecule has 1 fully saturated rings. The molecule has 8 nitrogen and oxygen atoms in total. The molecule has 1 heterocycles. The number of ether oxygens (including phenoxy) is 4. The van der Waals surface area contributed by atoms with Crippen molar-refractivity contribution in [3.63, 3.8) is 0 Å². The molecule has 0 unspecified atom stereocenters. The molecule has 0 aromatic heterocycles. The fourth-order valence-electron chi connectivity index (χ4n) is 3.26. The summed E-state index contributed by atoms with van der Waals surface area (Å²) in [5, 5.41) is 14.3. The maximum atomic E-state index is 10.6. The van der Waals surface area contributed by atoms with Crippen molar-refractivity contribution in [1.82, 2.24) is 0 Å². The molecule has 2 aromatic rings. The van der Waals surface area contributed by atoms with Crippen LogP contribution in [0.25, 0.3) is 10.4 Å². The normalized spacial score (nSPS) is 24.8. The van der Waals surface area contributed by atoms with Crippen molar-refractivity contribution in [1.29, 1.82) is 0 Å². The standard InChI is InChI=1S/C21H25N3O5/c1-26-21-18(25)20(28-14-16-10-6-3-7-11-16)19(29-21)17(12-23-24-22)27-13-15-8-4-2-5-9-15/h2-11,17-21,25H,12-14H2,1H3/t17-,18+,19+,20+,21+/m0/s1. The van der Waals surface area contributed by atoms with E-state index < -0.39 is 30.7 Å². The van der Waals surface area contributed by atoms with Crippen molar-refractivity contribution in [3.8, 4) is 0 Å². The molecule has 0 aliphatic carbocycles. The van der Waals surface area contributed by atoms with Crippen LogP contribution in [0.4, 0.5) is 0 Å². The number of aliphatic hydroxyl groups excluding tert-OH is 1. The highest BCUT2D eigenvalue weighted by Crippen LogP contribution is 2.29. The summed E-state index contributed by atoms with van der Waals surface area (Å²) < 4.78 is 23.1. The lowest BCUT2D eigenvalue weighted by Gasteiger charge is -2.27. The highest BCUT2D eigenvalue weighted by Gasteiger charge is 2.48. The Bertz CT molecular complexity index is 785. The maximum absolute atomic E-state index is 10.6. The van der Waals surface area contributed by atoms with E-state index in [1.165, 1.54) is 7.11 Å². The van der Waals surface area contributed by atoms with E-state index >= 15 is 0 Å². The van der Waals surface area contributed by atoms with Crippen molar-refractivity contribution in [2.24, 2.45) is 5.11 Å². The van der Waals surface area contributed by atoms with Gasteiger partial charge in [-0.3, -0.25) is 0 Å². The van der Waals surface area contributed by atoms with Crippen LogP contribution in [0.1, 0.15) is 11.1 Å². The van der Waals surface area contributed by atoms with Crippen molar-refractivity contribution in [2.45, 2.75) is 43.9 Å². The van der Waals surface area contributed by atoms with E-state index in [1.807, 2.05) is 60.7 Å². The maximum Gasteiger partial charge on any atom is 0.186 e. The lowest BCUT2D eigenvalue weighted by molar-refractivity contribution is -0.170. The summed E-state index contributed by atoms with van der Waals surface area (Å²) in [5.41, 5.74) is 10.7. The quantitative estimate of drug-likeness (QED) is 0.375. The smallest absolute Gasteiger partial charge is 0.186 e. The molecule has 3 rings (SSSR count). The van der Waals surface area contributed by atoms with Crippen molar-refractivity contribution >= 4 is 0 Å². The van der Waals surface area contributed by atoms with Crippen LogP contribution in [0.3, 0.4) is 0 Å². The summed E-state index contributed by atoms with van der Waals surface area (Å²) in [6.45, 7) is 0.652. The van der Waals surface area contributed by atoms with Crippen LogP contribution < -0.4 is 0 Å². The Morgan fingerprint density at radius 3 is 2.28 bits per heavy atom. The van der Waals surface area contributed by atoms with Crippen LogP contribution >= 0.6 is 0 Å². The Kier molecular flexibility index (Phi) is 8.01. The monoisotopic (exact) mass is 399 g/mol. The molecule has 5 atom stereocenters. The predicted molar refractivity (Wildman–Crippen MR) is 106 cm³/mol. The molecule has 154 valence electrons. The van der Waals surface area contributed by atoms with Gasteiger partial charge in [-0.25, -0.2) is 0 Å². The summed E-state index contributed by atoms with van der Waals surface area (Å²) in [4.78, 5) is 2.83. The zero-order valence-electron chi connectivity index (χ0n) is 16.2. The van der Waals surface area contributed by atoms with Gasteiger partial charge in [-0.1, -0.05) is 65.8 Å². The minimum Gasteiger partial charge on any atom is -0.385 e. The van der Waals surface area contributed by atoms with E-state index in [4.69, 9.17) is 24.5 Å². The molecule has 29 heavy (non-hydrogen) atoms. The largest absolute Gasteiger partial charge is 0.385 e. The van der Waals surface area contributed by atoms with Gasteiger partial charge in [-0.15, -0.1) is 0 Å². The lowest BCUT2D eigenvalue weighted by atomic mass is 10.0. The van der Waals surface area contributed by atoms with Gasteiger partial charge in [0.05, 0.1) is 25.9 Å². The average molecular weight is 399 g/mol. The summed E-state index contributed by atoms with van der Waals surface area (Å²) in [6.07, 6.45) is -3.82. The first-order chi connectivity index (χ1) is 14.2. The van der Waals surface area contributed by atoms with Gasteiger partial charge >= 0.3 is 0 Å². The minimum atomic E-state index is -0.998. The molecule has 1 saturated heterocycles.